The lowest BCUT2D eigenvalue weighted by Crippen LogP contribution is -2.54. The molecule has 3 rings (SSSR count). The molecule has 2 heterocycles. The van der Waals surface area contributed by atoms with Crippen molar-refractivity contribution in [1.82, 2.24) is 9.80 Å². The molecule has 2 saturated heterocycles. The molecule has 0 unspecified atom stereocenters. The van der Waals surface area contributed by atoms with Crippen LogP contribution in [0.5, 0.6) is 5.75 Å². The molecular formula is C18H28N2O5S2. The van der Waals surface area contributed by atoms with Crippen molar-refractivity contribution in [2.75, 3.05) is 51.3 Å². The maximum absolute atomic E-state index is 13.4. The van der Waals surface area contributed by atoms with E-state index in [0.29, 0.717) is 13.1 Å². The van der Waals surface area contributed by atoms with Crippen molar-refractivity contribution >= 4 is 19.7 Å². The summed E-state index contributed by atoms with van der Waals surface area (Å²) >= 11 is 0. The van der Waals surface area contributed by atoms with Crippen LogP contribution in [0.15, 0.2) is 23.1 Å². The van der Waals surface area contributed by atoms with Gasteiger partial charge in [-0.1, -0.05) is 13.0 Å². The lowest BCUT2D eigenvalue weighted by Gasteiger charge is -2.39. The number of piperazine rings is 1. The zero-order valence-corrected chi connectivity index (χ0v) is 17.7. The second-order valence-electron chi connectivity index (χ2n) is 7.35. The Morgan fingerprint density at radius 1 is 1.15 bits per heavy atom. The Labute approximate surface area is 162 Å². The fourth-order valence-corrected chi connectivity index (χ4v) is 9.09. The van der Waals surface area contributed by atoms with Crippen LogP contribution in [0.25, 0.3) is 0 Å². The van der Waals surface area contributed by atoms with Gasteiger partial charge < -0.3 is 9.64 Å². The molecule has 2 aliphatic heterocycles. The van der Waals surface area contributed by atoms with Gasteiger partial charge in [0.2, 0.25) is 0 Å². The number of sulfone groups is 2. The molecular weight excluding hydrogens is 388 g/mol. The van der Waals surface area contributed by atoms with Crippen molar-refractivity contribution in [2.24, 2.45) is 0 Å². The number of benzene rings is 1. The lowest BCUT2D eigenvalue weighted by atomic mass is 10.2. The van der Waals surface area contributed by atoms with Crippen molar-refractivity contribution in [3.63, 3.8) is 0 Å². The van der Waals surface area contributed by atoms with E-state index in [9.17, 15) is 16.8 Å². The van der Waals surface area contributed by atoms with Gasteiger partial charge >= 0.3 is 0 Å². The van der Waals surface area contributed by atoms with Crippen LogP contribution in [-0.4, -0.2) is 89.3 Å². The van der Waals surface area contributed by atoms with E-state index in [1.165, 1.54) is 7.11 Å². The summed E-state index contributed by atoms with van der Waals surface area (Å²) in [4.78, 5) is 4.41. The van der Waals surface area contributed by atoms with E-state index in [-0.39, 0.29) is 22.2 Å². The number of likely N-dealkylation sites (N-methyl/N-ethyl adjacent to an activating group) is 1. The lowest BCUT2D eigenvalue weighted by molar-refractivity contribution is 0.109. The third-order valence-electron chi connectivity index (χ3n) is 5.62. The maximum atomic E-state index is 13.4. The number of aryl methyl sites for hydroxylation is 1. The summed E-state index contributed by atoms with van der Waals surface area (Å²) < 4.78 is 56.9. The van der Waals surface area contributed by atoms with Gasteiger partial charge in [0.25, 0.3) is 0 Å². The first-order valence-corrected chi connectivity index (χ1v) is 12.6. The van der Waals surface area contributed by atoms with Crippen LogP contribution in [0, 0.1) is 6.92 Å². The molecule has 152 valence electrons. The fourth-order valence-electron chi connectivity index (χ4n) is 4.01. The van der Waals surface area contributed by atoms with E-state index in [0.717, 1.165) is 25.2 Å². The van der Waals surface area contributed by atoms with Gasteiger partial charge in [-0.25, -0.2) is 16.8 Å². The molecule has 0 saturated carbocycles. The predicted octanol–water partition coefficient (Wildman–Crippen LogP) is 0.580. The van der Waals surface area contributed by atoms with Crippen LogP contribution < -0.4 is 4.74 Å². The van der Waals surface area contributed by atoms with Crippen molar-refractivity contribution in [2.45, 2.75) is 30.0 Å². The van der Waals surface area contributed by atoms with Crippen LogP contribution in [0.3, 0.4) is 0 Å². The first-order valence-electron chi connectivity index (χ1n) is 9.23. The molecule has 2 atom stereocenters. The first kappa shape index (κ1) is 20.6. The average Bonchev–Trinajstić information content (AvgIpc) is 2.98. The summed E-state index contributed by atoms with van der Waals surface area (Å²) in [6.45, 7) is 7.87. The number of hydrogen-bond donors (Lipinski definition) is 0. The van der Waals surface area contributed by atoms with Crippen molar-refractivity contribution < 1.29 is 21.6 Å². The van der Waals surface area contributed by atoms with E-state index in [4.69, 9.17) is 4.74 Å². The van der Waals surface area contributed by atoms with Gasteiger partial charge in [0.15, 0.2) is 19.7 Å². The summed E-state index contributed by atoms with van der Waals surface area (Å²) in [5.74, 6) is -0.165. The van der Waals surface area contributed by atoms with E-state index in [2.05, 4.69) is 11.8 Å². The van der Waals surface area contributed by atoms with E-state index < -0.39 is 31.0 Å². The molecule has 7 nitrogen and oxygen atoms in total. The highest BCUT2D eigenvalue weighted by atomic mass is 32.2. The molecule has 0 N–H and O–H groups in total. The highest BCUT2D eigenvalue weighted by Gasteiger charge is 2.49. The van der Waals surface area contributed by atoms with Crippen molar-refractivity contribution in [3.05, 3.63) is 23.8 Å². The number of nitrogens with zero attached hydrogens (tertiary/aromatic N) is 2. The standard InChI is InChI=1S/C18H28N2O5S2/c1-4-19-7-9-20(10-8-19)15-12-26(21,22)13-18(15)27(23,24)17-11-14(2)5-6-16(17)25-3/h5-6,11,15,18H,4,7-10,12-13H2,1-3H3/t15-,18-/m1/s1. The summed E-state index contributed by atoms with van der Waals surface area (Å²) in [5.41, 5.74) is 0.795. The van der Waals surface area contributed by atoms with Gasteiger partial charge in [-0.05, 0) is 31.2 Å². The average molecular weight is 417 g/mol. The number of rotatable bonds is 5. The molecule has 2 fully saturated rings. The van der Waals surface area contributed by atoms with Gasteiger partial charge in [-0.15, -0.1) is 0 Å². The fraction of sp³-hybridized carbons (Fsp3) is 0.667. The number of hydrogen-bond acceptors (Lipinski definition) is 7. The van der Waals surface area contributed by atoms with Crippen LogP contribution in [0.4, 0.5) is 0 Å². The van der Waals surface area contributed by atoms with Crippen LogP contribution in [-0.2, 0) is 19.7 Å². The molecule has 2 aliphatic rings. The third-order valence-corrected chi connectivity index (χ3v) is 9.76. The molecule has 0 aromatic heterocycles. The molecule has 0 radical (unpaired) electrons. The van der Waals surface area contributed by atoms with Gasteiger partial charge in [0.1, 0.15) is 10.6 Å². The Hall–Kier alpha value is -1.16. The van der Waals surface area contributed by atoms with E-state index >= 15 is 0 Å². The second kappa shape index (κ2) is 7.69. The highest BCUT2D eigenvalue weighted by Crippen LogP contribution is 2.34. The molecule has 1 aromatic carbocycles. The zero-order valence-electron chi connectivity index (χ0n) is 16.1. The molecule has 0 bridgehead atoms. The van der Waals surface area contributed by atoms with Gasteiger partial charge in [0.05, 0.1) is 23.9 Å². The van der Waals surface area contributed by atoms with E-state index in [1.807, 2.05) is 11.8 Å². The minimum atomic E-state index is -3.85. The Bertz CT molecular complexity index is 890. The normalized spacial score (nSPS) is 26.9. The van der Waals surface area contributed by atoms with Gasteiger partial charge in [-0.3, -0.25) is 4.90 Å². The van der Waals surface area contributed by atoms with Crippen molar-refractivity contribution in [3.8, 4) is 5.75 Å². The summed E-state index contributed by atoms with van der Waals surface area (Å²) in [7, 11) is -5.83. The second-order valence-corrected chi connectivity index (χ2v) is 11.6. The van der Waals surface area contributed by atoms with E-state index in [1.54, 1.807) is 18.2 Å². The molecule has 1 aromatic rings. The summed E-state index contributed by atoms with van der Waals surface area (Å²) in [5, 5.41) is -0.966. The molecule has 27 heavy (non-hydrogen) atoms. The SMILES string of the molecule is CCN1CCN([C@@H]2CS(=O)(=O)C[C@H]2S(=O)(=O)c2cc(C)ccc2OC)CC1. The Morgan fingerprint density at radius 2 is 1.81 bits per heavy atom. The largest absolute Gasteiger partial charge is 0.495 e. The van der Waals surface area contributed by atoms with Gasteiger partial charge in [0, 0.05) is 32.2 Å². The minimum Gasteiger partial charge on any atom is -0.495 e. The van der Waals surface area contributed by atoms with Crippen LogP contribution in [0.1, 0.15) is 12.5 Å². The van der Waals surface area contributed by atoms with Gasteiger partial charge in [-0.2, -0.15) is 0 Å². The zero-order chi connectivity index (χ0) is 19.8. The maximum Gasteiger partial charge on any atom is 0.187 e. The molecule has 0 aliphatic carbocycles. The first-order chi connectivity index (χ1) is 12.7. The summed E-state index contributed by atoms with van der Waals surface area (Å²) in [6, 6.07) is 4.47. The van der Waals surface area contributed by atoms with Crippen molar-refractivity contribution in [1.29, 1.82) is 0 Å². The Balaban J connectivity index is 1.96. The monoisotopic (exact) mass is 416 g/mol. The summed E-state index contributed by atoms with van der Waals surface area (Å²) in [6.07, 6.45) is 0. The Kier molecular flexibility index (Phi) is 5.86. The molecule has 0 amide bonds. The highest BCUT2D eigenvalue weighted by molar-refractivity contribution is 7.96. The minimum absolute atomic E-state index is 0.0873. The molecule has 0 spiro atoms. The third kappa shape index (κ3) is 4.16. The topological polar surface area (TPSA) is 84.0 Å². The van der Waals surface area contributed by atoms with Crippen LogP contribution >= 0.6 is 0 Å². The van der Waals surface area contributed by atoms with Crippen LogP contribution in [0.2, 0.25) is 0 Å². The predicted molar refractivity (Wildman–Crippen MR) is 105 cm³/mol. The number of ether oxygens (including phenoxy) is 1. The quantitative estimate of drug-likeness (QED) is 0.694. The Morgan fingerprint density at radius 3 is 2.41 bits per heavy atom. The number of methoxy groups -OCH3 is 1. The molecule has 9 heteroatoms. The smallest absolute Gasteiger partial charge is 0.187 e.